The van der Waals surface area contributed by atoms with Gasteiger partial charge < -0.3 is 10.2 Å². The normalized spacial score (nSPS) is 10.8. The van der Waals surface area contributed by atoms with Crippen LogP contribution in [0.15, 0.2) is 72.1 Å². The lowest BCUT2D eigenvalue weighted by Gasteiger charge is -2.23. The molecule has 3 aromatic carbocycles. The van der Waals surface area contributed by atoms with E-state index in [0.717, 1.165) is 16.1 Å². The SMILES string of the molecule is O=C(Nc1c(F)cc(F)cc1F)N(Cc1ccccc1)Cc1csc(-c2ccc(Cl)cc2)n1. The molecule has 4 nitrogen and oxygen atoms in total. The Kier molecular flexibility index (Phi) is 6.96. The zero-order valence-corrected chi connectivity index (χ0v) is 18.6. The number of halogens is 4. The van der Waals surface area contributed by atoms with Crippen LogP contribution in [0.1, 0.15) is 11.3 Å². The molecular weight excluding hydrogens is 471 g/mol. The molecule has 0 spiro atoms. The number of hydrogen-bond acceptors (Lipinski definition) is 3. The fourth-order valence-corrected chi connectivity index (χ4v) is 4.09. The van der Waals surface area contributed by atoms with Crippen molar-refractivity contribution in [1.29, 1.82) is 0 Å². The van der Waals surface area contributed by atoms with Crippen LogP contribution in [-0.2, 0) is 13.1 Å². The van der Waals surface area contributed by atoms with Crippen molar-refractivity contribution in [3.05, 3.63) is 106 Å². The van der Waals surface area contributed by atoms with Gasteiger partial charge in [0.1, 0.15) is 16.5 Å². The maximum atomic E-state index is 14.1. The smallest absolute Gasteiger partial charge is 0.314 e. The highest BCUT2D eigenvalue weighted by molar-refractivity contribution is 7.13. The number of anilines is 1. The molecule has 2 amide bonds. The van der Waals surface area contributed by atoms with Gasteiger partial charge in [-0.2, -0.15) is 0 Å². The van der Waals surface area contributed by atoms with Crippen molar-refractivity contribution in [1.82, 2.24) is 9.88 Å². The zero-order chi connectivity index (χ0) is 23.4. The van der Waals surface area contributed by atoms with E-state index in [4.69, 9.17) is 11.6 Å². The zero-order valence-electron chi connectivity index (χ0n) is 17.1. The number of rotatable bonds is 6. The van der Waals surface area contributed by atoms with Crippen molar-refractivity contribution in [3.63, 3.8) is 0 Å². The van der Waals surface area contributed by atoms with E-state index in [-0.39, 0.29) is 13.1 Å². The summed E-state index contributed by atoms with van der Waals surface area (Å²) in [6.45, 7) is 0.264. The average molecular weight is 488 g/mol. The van der Waals surface area contributed by atoms with Crippen LogP contribution >= 0.6 is 22.9 Å². The molecule has 0 bridgehead atoms. The fraction of sp³-hybridized carbons (Fsp3) is 0.0833. The van der Waals surface area contributed by atoms with Crippen molar-refractivity contribution in [2.75, 3.05) is 5.32 Å². The first-order valence-corrected chi connectivity index (χ1v) is 11.1. The number of nitrogens with zero attached hydrogens (tertiary/aromatic N) is 2. The number of thiazole rings is 1. The summed E-state index contributed by atoms with van der Waals surface area (Å²) in [5.74, 6) is -3.46. The lowest BCUT2D eigenvalue weighted by Crippen LogP contribution is -2.34. The third kappa shape index (κ3) is 5.71. The van der Waals surface area contributed by atoms with E-state index in [9.17, 15) is 18.0 Å². The molecule has 0 saturated carbocycles. The Morgan fingerprint density at radius 3 is 2.30 bits per heavy atom. The Morgan fingerprint density at radius 1 is 0.970 bits per heavy atom. The van der Waals surface area contributed by atoms with Crippen molar-refractivity contribution < 1.29 is 18.0 Å². The largest absolute Gasteiger partial charge is 0.322 e. The highest BCUT2D eigenvalue weighted by atomic mass is 35.5. The Balaban J connectivity index is 1.57. The third-order valence-electron chi connectivity index (χ3n) is 4.74. The first-order valence-electron chi connectivity index (χ1n) is 9.84. The second kappa shape index (κ2) is 10.1. The minimum Gasteiger partial charge on any atom is -0.314 e. The Bertz CT molecular complexity index is 1240. The van der Waals surface area contributed by atoms with Crippen LogP contribution in [0.2, 0.25) is 5.02 Å². The summed E-state index contributed by atoms with van der Waals surface area (Å²) in [5, 5.41) is 5.40. The molecule has 0 aliphatic heterocycles. The van der Waals surface area contributed by atoms with Crippen molar-refractivity contribution >= 4 is 34.7 Å². The van der Waals surface area contributed by atoms with Gasteiger partial charge in [-0.25, -0.2) is 22.9 Å². The Hall–Kier alpha value is -3.36. The molecule has 33 heavy (non-hydrogen) atoms. The second-order valence-electron chi connectivity index (χ2n) is 7.17. The summed E-state index contributed by atoms with van der Waals surface area (Å²) in [6.07, 6.45) is 0. The number of hydrogen-bond donors (Lipinski definition) is 1. The Morgan fingerprint density at radius 2 is 1.64 bits per heavy atom. The topological polar surface area (TPSA) is 45.2 Å². The van der Waals surface area contributed by atoms with Gasteiger partial charge in [0.05, 0.1) is 12.2 Å². The molecule has 4 rings (SSSR count). The molecular formula is C24H17ClF3N3OS. The van der Waals surface area contributed by atoms with Crippen LogP contribution in [-0.4, -0.2) is 15.9 Å². The summed E-state index contributed by atoms with van der Waals surface area (Å²) < 4.78 is 41.4. The van der Waals surface area contributed by atoms with Gasteiger partial charge in [-0.05, 0) is 17.7 Å². The molecule has 1 N–H and O–H groups in total. The Labute approximate surface area is 197 Å². The summed E-state index contributed by atoms with van der Waals surface area (Å²) in [6, 6.07) is 16.7. The minimum absolute atomic E-state index is 0.0925. The molecule has 0 radical (unpaired) electrons. The molecule has 0 aliphatic rings. The number of amides is 2. The fourth-order valence-electron chi connectivity index (χ4n) is 3.15. The summed E-state index contributed by atoms with van der Waals surface area (Å²) in [7, 11) is 0. The number of benzene rings is 3. The molecule has 0 atom stereocenters. The second-order valence-corrected chi connectivity index (χ2v) is 8.46. The number of aromatic nitrogens is 1. The lowest BCUT2D eigenvalue weighted by atomic mass is 10.2. The van der Waals surface area contributed by atoms with Gasteiger partial charge in [0.2, 0.25) is 0 Å². The van der Waals surface area contributed by atoms with E-state index in [0.29, 0.717) is 22.8 Å². The van der Waals surface area contributed by atoms with Gasteiger partial charge in [-0.3, -0.25) is 0 Å². The van der Waals surface area contributed by atoms with Gasteiger partial charge in [0.25, 0.3) is 0 Å². The van der Waals surface area contributed by atoms with Crippen LogP contribution in [0.3, 0.4) is 0 Å². The molecule has 1 aromatic heterocycles. The van der Waals surface area contributed by atoms with Crippen LogP contribution < -0.4 is 5.32 Å². The highest BCUT2D eigenvalue weighted by Crippen LogP contribution is 2.26. The van der Waals surface area contributed by atoms with E-state index in [1.807, 2.05) is 47.8 Å². The van der Waals surface area contributed by atoms with E-state index in [2.05, 4.69) is 10.3 Å². The van der Waals surface area contributed by atoms with Crippen molar-refractivity contribution in [2.24, 2.45) is 0 Å². The van der Waals surface area contributed by atoms with Crippen LogP contribution in [0.25, 0.3) is 10.6 Å². The number of nitrogens with one attached hydrogen (secondary N) is 1. The van der Waals surface area contributed by atoms with Gasteiger partial charge in [-0.15, -0.1) is 11.3 Å². The van der Waals surface area contributed by atoms with Crippen LogP contribution in [0.4, 0.5) is 23.7 Å². The van der Waals surface area contributed by atoms with E-state index >= 15 is 0 Å². The van der Waals surface area contributed by atoms with Gasteiger partial charge in [-0.1, -0.05) is 54.1 Å². The van der Waals surface area contributed by atoms with Gasteiger partial charge >= 0.3 is 6.03 Å². The quantitative estimate of drug-likeness (QED) is 0.315. The minimum atomic E-state index is -1.20. The summed E-state index contributed by atoms with van der Waals surface area (Å²) in [4.78, 5) is 18.9. The molecule has 0 fully saturated rings. The van der Waals surface area contributed by atoms with Gasteiger partial charge in [0.15, 0.2) is 11.6 Å². The molecule has 168 valence electrons. The number of urea groups is 1. The van der Waals surface area contributed by atoms with E-state index in [1.165, 1.54) is 16.2 Å². The predicted molar refractivity (Wildman–Crippen MR) is 124 cm³/mol. The maximum Gasteiger partial charge on any atom is 0.322 e. The summed E-state index contributed by atoms with van der Waals surface area (Å²) >= 11 is 7.34. The third-order valence-corrected chi connectivity index (χ3v) is 5.93. The molecule has 0 saturated heterocycles. The first-order chi connectivity index (χ1) is 15.9. The maximum absolute atomic E-state index is 14.1. The van der Waals surface area contributed by atoms with Crippen molar-refractivity contribution in [3.8, 4) is 10.6 Å². The van der Waals surface area contributed by atoms with Crippen LogP contribution in [0.5, 0.6) is 0 Å². The van der Waals surface area contributed by atoms with Gasteiger partial charge in [0, 0.05) is 34.6 Å². The molecule has 4 aromatic rings. The van der Waals surface area contributed by atoms with E-state index < -0.39 is 29.2 Å². The molecule has 0 aliphatic carbocycles. The van der Waals surface area contributed by atoms with Crippen molar-refractivity contribution in [2.45, 2.75) is 13.1 Å². The molecule has 9 heteroatoms. The van der Waals surface area contributed by atoms with Crippen LogP contribution in [0, 0.1) is 17.5 Å². The average Bonchev–Trinajstić information content (AvgIpc) is 3.25. The first kappa shape index (κ1) is 22.8. The number of carbonyl (C=O) groups is 1. The predicted octanol–water partition coefficient (Wildman–Crippen LogP) is 7.12. The number of carbonyl (C=O) groups excluding carboxylic acids is 1. The molecule has 0 unspecified atom stereocenters. The lowest BCUT2D eigenvalue weighted by molar-refractivity contribution is 0.205. The monoisotopic (exact) mass is 487 g/mol. The highest BCUT2D eigenvalue weighted by Gasteiger charge is 2.21. The molecule has 1 heterocycles. The summed E-state index contributed by atoms with van der Waals surface area (Å²) in [5.41, 5.74) is 1.60. The standard InChI is InChI=1S/C24H17ClF3N3OS/c25-17-8-6-16(7-9-17)23-29-19(14-33-23)13-31(12-15-4-2-1-3-5-15)24(32)30-22-20(27)10-18(26)11-21(22)28/h1-11,14H,12-13H2,(H,30,32). The van der Waals surface area contributed by atoms with E-state index in [1.54, 1.807) is 12.1 Å².